The van der Waals surface area contributed by atoms with Crippen molar-refractivity contribution < 1.29 is 19.4 Å². The largest absolute Gasteiger partial charge is 0.491 e. The Kier molecular flexibility index (Phi) is 5.75. The standard InChI is InChI=1S/C23H27NO4/c1-16-9-11-19(12-10-16)27-15-18(25)14-24-20-8-6-5-7-17(20)13-21(24)22(26)28-23(2,3)4/h5-13,18,25H,14-15H2,1-4H3. The van der Waals surface area contributed by atoms with Crippen LogP contribution in [0.5, 0.6) is 5.75 Å². The van der Waals surface area contributed by atoms with Gasteiger partial charge in [-0.3, -0.25) is 0 Å². The number of aliphatic hydroxyl groups excluding tert-OH is 1. The first-order valence-electron chi connectivity index (χ1n) is 9.42. The Bertz CT molecular complexity index is 951. The number of rotatable bonds is 6. The van der Waals surface area contributed by atoms with E-state index in [2.05, 4.69) is 0 Å². The Morgan fingerprint density at radius 1 is 1.11 bits per heavy atom. The van der Waals surface area contributed by atoms with Crippen LogP contribution in [0, 0.1) is 6.92 Å². The van der Waals surface area contributed by atoms with E-state index < -0.39 is 17.7 Å². The minimum Gasteiger partial charge on any atom is -0.491 e. The van der Waals surface area contributed by atoms with Gasteiger partial charge in [0.25, 0.3) is 0 Å². The van der Waals surface area contributed by atoms with Crippen LogP contribution < -0.4 is 4.74 Å². The Morgan fingerprint density at radius 2 is 1.79 bits per heavy atom. The zero-order valence-electron chi connectivity index (χ0n) is 16.8. The molecule has 0 fully saturated rings. The van der Waals surface area contributed by atoms with Gasteiger partial charge in [0.15, 0.2) is 0 Å². The van der Waals surface area contributed by atoms with Crippen molar-refractivity contribution in [2.75, 3.05) is 6.61 Å². The van der Waals surface area contributed by atoms with Gasteiger partial charge in [-0.05, 0) is 52.0 Å². The number of hydrogen-bond acceptors (Lipinski definition) is 4. The topological polar surface area (TPSA) is 60.7 Å². The van der Waals surface area contributed by atoms with Crippen LogP contribution in [0.3, 0.4) is 0 Å². The van der Waals surface area contributed by atoms with Gasteiger partial charge in [0.1, 0.15) is 29.8 Å². The van der Waals surface area contributed by atoms with E-state index in [0.717, 1.165) is 16.5 Å². The molecule has 5 nitrogen and oxygen atoms in total. The predicted molar refractivity (Wildman–Crippen MR) is 110 cm³/mol. The number of carbonyl (C=O) groups excluding carboxylic acids is 1. The van der Waals surface area contributed by atoms with Crippen molar-refractivity contribution in [3.63, 3.8) is 0 Å². The van der Waals surface area contributed by atoms with E-state index in [1.807, 2.05) is 76.2 Å². The molecule has 2 aromatic carbocycles. The van der Waals surface area contributed by atoms with Crippen LogP contribution >= 0.6 is 0 Å². The van der Waals surface area contributed by atoms with Crippen LogP contribution in [0.1, 0.15) is 36.8 Å². The number of hydrogen-bond donors (Lipinski definition) is 1. The Balaban J connectivity index is 1.79. The van der Waals surface area contributed by atoms with Crippen molar-refractivity contribution in [2.45, 2.75) is 45.9 Å². The molecule has 0 saturated carbocycles. The highest BCUT2D eigenvalue weighted by Gasteiger charge is 2.23. The number of aromatic nitrogens is 1. The summed E-state index contributed by atoms with van der Waals surface area (Å²) in [5.74, 6) is 0.296. The lowest BCUT2D eigenvalue weighted by Gasteiger charge is -2.21. The molecule has 1 aromatic heterocycles. The third-order valence-electron chi connectivity index (χ3n) is 4.28. The van der Waals surface area contributed by atoms with Crippen LogP contribution in [0.25, 0.3) is 10.9 Å². The highest BCUT2D eigenvalue weighted by atomic mass is 16.6. The monoisotopic (exact) mass is 381 g/mol. The molecule has 3 rings (SSSR count). The summed E-state index contributed by atoms with van der Waals surface area (Å²) in [6, 6.07) is 17.2. The van der Waals surface area contributed by atoms with Crippen molar-refractivity contribution in [3.8, 4) is 5.75 Å². The minimum atomic E-state index is -0.779. The van der Waals surface area contributed by atoms with Crippen molar-refractivity contribution in [1.29, 1.82) is 0 Å². The zero-order chi connectivity index (χ0) is 20.3. The number of esters is 1. The second kappa shape index (κ2) is 8.07. The summed E-state index contributed by atoms with van der Waals surface area (Å²) in [5.41, 5.74) is 1.85. The highest BCUT2D eigenvalue weighted by molar-refractivity contribution is 5.95. The van der Waals surface area contributed by atoms with E-state index in [4.69, 9.17) is 9.47 Å². The average Bonchev–Trinajstić information content (AvgIpc) is 2.99. The van der Waals surface area contributed by atoms with Gasteiger partial charge in [0, 0.05) is 10.9 Å². The number of aliphatic hydroxyl groups is 1. The summed E-state index contributed by atoms with van der Waals surface area (Å²) >= 11 is 0. The summed E-state index contributed by atoms with van der Waals surface area (Å²) < 4.78 is 13.0. The number of fused-ring (bicyclic) bond motifs is 1. The van der Waals surface area contributed by atoms with Gasteiger partial charge in [-0.15, -0.1) is 0 Å². The molecule has 0 spiro atoms. The molecule has 0 aliphatic rings. The molecule has 1 heterocycles. The van der Waals surface area contributed by atoms with Crippen molar-refractivity contribution in [1.82, 2.24) is 4.57 Å². The molecule has 0 radical (unpaired) electrons. The van der Waals surface area contributed by atoms with E-state index in [0.29, 0.717) is 11.4 Å². The molecule has 5 heteroatoms. The normalized spacial score (nSPS) is 12.8. The molecule has 0 bridgehead atoms. The van der Waals surface area contributed by atoms with Crippen LogP contribution in [-0.4, -0.2) is 34.0 Å². The van der Waals surface area contributed by atoms with Crippen molar-refractivity contribution in [3.05, 3.63) is 65.9 Å². The summed E-state index contributed by atoms with van der Waals surface area (Å²) in [6.07, 6.45) is -0.779. The Hall–Kier alpha value is -2.79. The third-order valence-corrected chi connectivity index (χ3v) is 4.28. The molecular formula is C23H27NO4. The molecule has 1 unspecified atom stereocenters. The highest BCUT2D eigenvalue weighted by Crippen LogP contribution is 2.23. The maximum absolute atomic E-state index is 12.7. The maximum Gasteiger partial charge on any atom is 0.355 e. The van der Waals surface area contributed by atoms with Crippen LogP contribution in [0.4, 0.5) is 0 Å². The molecule has 0 aliphatic heterocycles. The van der Waals surface area contributed by atoms with E-state index in [9.17, 15) is 9.90 Å². The number of aryl methyl sites for hydroxylation is 1. The van der Waals surface area contributed by atoms with Crippen LogP contribution in [0.2, 0.25) is 0 Å². The molecule has 0 saturated heterocycles. The number of nitrogens with zero attached hydrogens (tertiary/aromatic N) is 1. The Morgan fingerprint density at radius 3 is 2.46 bits per heavy atom. The SMILES string of the molecule is Cc1ccc(OCC(O)Cn2c(C(=O)OC(C)(C)C)cc3ccccc32)cc1. The van der Waals surface area contributed by atoms with Gasteiger partial charge >= 0.3 is 5.97 Å². The van der Waals surface area contributed by atoms with E-state index in [1.165, 1.54) is 0 Å². The van der Waals surface area contributed by atoms with Gasteiger partial charge in [-0.1, -0.05) is 35.9 Å². The fourth-order valence-corrected chi connectivity index (χ4v) is 3.00. The van der Waals surface area contributed by atoms with Crippen molar-refractivity contribution >= 4 is 16.9 Å². The van der Waals surface area contributed by atoms with Gasteiger partial charge in [-0.2, -0.15) is 0 Å². The van der Waals surface area contributed by atoms with Crippen LogP contribution in [-0.2, 0) is 11.3 Å². The quantitative estimate of drug-likeness (QED) is 0.645. The van der Waals surface area contributed by atoms with E-state index in [1.54, 1.807) is 10.6 Å². The third kappa shape index (κ3) is 4.93. The van der Waals surface area contributed by atoms with Crippen molar-refractivity contribution in [2.24, 2.45) is 0 Å². The first kappa shape index (κ1) is 20.0. The lowest BCUT2D eigenvalue weighted by molar-refractivity contribution is 0.00540. The molecule has 3 aromatic rings. The summed E-state index contributed by atoms with van der Waals surface area (Å²) in [5, 5.41) is 11.5. The van der Waals surface area contributed by atoms with Crippen LogP contribution in [0.15, 0.2) is 54.6 Å². The first-order valence-corrected chi connectivity index (χ1v) is 9.42. The van der Waals surface area contributed by atoms with Gasteiger partial charge in [0.2, 0.25) is 0 Å². The summed E-state index contributed by atoms with van der Waals surface area (Å²) in [6.45, 7) is 7.87. The fraction of sp³-hybridized carbons (Fsp3) is 0.348. The maximum atomic E-state index is 12.7. The number of para-hydroxylation sites is 1. The molecular weight excluding hydrogens is 354 g/mol. The van der Waals surface area contributed by atoms with E-state index in [-0.39, 0.29) is 13.2 Å². The average molecular weight is 381 g/mol. The van der Waals surface area contributed by atoms with E-state index >= 15 is 0 Å². The second-order valence-corrected chi connectivity index (χ2v) is 7.98. The molecule has 1 atom stereocenters. The number of ether oxygens (including phenoxy) is 2. The number of benzene rings is 2. The molecule has 28 heavy (non-hydrogen) atoms. The molecule has 0 aliphatic carbocycles. The molecule has 1 N–H and O–H groups in total. The molecule has 0 amide bonds. The Labute approximate surface area is 165 Å². The summed E-state index contributed by atoms with van der Waals surface area (Å²) in [7, 11) is 0. The fourth-order valence-electron chi connectivity index (χ4n) is 3.00. The summed E-state index contributed by atoms with van der Waals surface area (Å²) in [4.78, 5) is 12.7. The number of carbonyl (C=O) groups is 1. The van der Waals surface area contributed by atoms with Gasteiger partial charge in [-0.25, -0.2) is 4.79 Å². The predicted octanol–water partition coefficient (Wildman–Crippen LogP) is 4.34. The van der Waals surface area contributed by atoms with Gasteiger partial charge in [0.05, 0.1) is 6.54 Å². The molecule has 148 valence electrons. The van der Waals surface area contributed by atoms with Gasteiger partial charge < -0.3 is 19.1 Å². The second-order valence-electron chi connectivity index (χ2n) is 7.98. The first-order chi connectivity index (χ1) is 13.2. The zero-order valence-corrected chi connectivity index (χ0v) is 16.8. The smallest absolute Gasteiger partial charge is 0.355 e. The minimum absolute atomic E-state index is 0.128. The lowest BCUT2D eigenvalue weighted by atomic mass is 10.2. The lowest BCUT2D eigenvalue weighted by Crippen LogP contribution is -2.28.